The number of hydrogen-bond donors (Lipinski definition) is 2. The van der Waals surface area contributed by atoms with Crippen molar-refractivity contribution in [1.29, 1.82) is 0 Å². The van der Waals surface area contributed by atoms with Gasteiger partial charge in [0, 0.05) is 31.0 Å². The number of anilines is 2. The second-order valence-electron chi connectivity index (χ2n) is 6.04. The summed E-state index contributed by atoms with van der Waals surface area (Å²) in [6.45, 7) is 2.68. The van der Waals surface area contributed by atoms with Gasteiger partial charge in [0.15, 0.2) is 0 Å². The van der Waals surface area contributed by atoms with Gasteiger partial charge in [0.05, 0.1) is 5.41 Å². The Morgan fingerprint density at radius 3 is 2.60 bits per heavy atom. The van der Waals surface area contributed by atoms with E-state index in [-0.39, 0.29) is 11.3 Å². The van der Waals surface area contributed by atoms with Crippen LogP contribution in [-0.2, 0) is 4.79 Å². The van der Waals surface area contributed by atoms with Gasteiger partial charge in [-0.05, 0) is 43.9 Å². The molecule has 1 heterocycles. The molecule has 0 aromatic heterocycles. The quantitative estimate of drug-likeness (QED) is 0.885. The predicted octanol–water partition coefficient (Wildman–Crippen LogP) is 2.35. The van der Waals surface area contributed by atoms with Gasteiger partial charge < -0.3 is 16.0 Å². The second-order valence-corrected chi connectivity index (χ2v) is 6.04. The third-order valence-electron chi connectivity index (χ3n) is 4.76. The van der Waals surface area contributed by atoms with E-state index in [1.807, 2.05) is 12.1 Å². The maximum absolute atomic E-state index is 12.4. The van der Waals surface area contributed by atoms with Crippen molar-refractivity contribution in [2.24, 2.45) is 11.1 Å². The van der Waals surface area contributed by atoms with Crippen molar-refractivity contribution in [2.45, 2.75) is 32.1 Å². The molecule has 1 aromatic rings. The van der Waals surface area contributed by atoms with Gasteiger partial charge in [-0.2, -0.15) is 0 Å². The molecule has 20 heavy (non-hydrogen) atoms. The van der Waals surface area contributed by atoms with Crippen LogP contribution in [0.4, 0.5) is 11.4 Å². The first kappa shape index (κ1) is 13.4. The predicted molar refractivity (Wildman–Crippen MR) is 81.9 cm³/mol. The Balaban J connectivity index is 1.71. The van der Waals surface area contributed by atoms with Gasteiger partial charge in [0.1, 0.15) is 0 Å². The first-order valence-corrected chi connectivity index (χ1v) is 7.60. The molecule has 1 aliphatic heterocycles. The molecule has 2 fully saturated rings. The zero-order valence-corrected chi connectivity index (χ0v) is 11.9. The molecular weight excluding hydrogens is 250 g/mol. The number of nitrogens with zero attached hydrogens (tertiary/aromatic N) is 1. The lowest BCUT2D eigenvalue weighted by atomic mass is 9.68. The molecule has 0 atom stereocenters. The van der Waals surface area contributed by atoms with Gasteiger partial charge in [-0.1, -0.05) is 12.5 Å². The highest BCUT2D eigenvalue weighted by atomic mass is 16.2. The van der Waals surface area contributed by atoms with E-state index >= 15 is 0 Å². The summed E-state index contributed by atoms with van der Waals surface area (Å²) in [7, 11) is 0. The van der Waals surface area contributed by atoms with Crippen LogP contribution < -0.4 is 16.0 Å². The highest BCUT2D eigenvalue weighted by molar-refractivity contribution is 5.96. The number of rotatable bonds is 4. The first-order valence-electron chi connectivity index (χ1n) is 7.60. The van der Waals surface area contributed by atoms with E-state index in [0.717, 1.165) is 38.0 Å². The molecule has 0 radical (unpaired) electrons. The van der Waals surface area contributed by atoms with Crippen LogP contribution in [0.1, 0.15) is 32.1 Å². The smallest absolute Gasteiger partial charge is 0.231 e. The highest BCUT2D eigenvalue weighted by Crippen LogP contribution is 2.41. The van der Waals surface area contributed by atoms with Gasteiger partial charge in [0.2, 0.25) is 5.91 Å². The van der Waals surface area contributed by atoms with Crippen molar-refractivity contribution in [3.8, 4) is 0 Å². The monoisotopic (exact) mass is 273 g/mol. The molecule has 1 amide bonds. The minimum Gasteiger partial charge on any atom is -0.371 e. The number of carbonyl (C=O) groups is 1. The van der Waals surface area contributed by atoms with E-state index in [1.54, 1.807) is 0 Å². The summed E-state index contributed by atoms with van der Waals surface area (Å²) >= 11 is 0. The lowest BCUT2D eigenvalue weighted by molar-refractivity contribution is -0.129. The van der Waals surface area contributed by atoms with Crippen molar-refractivity contribution in [1.82, 2.24) is 0 Å². The van der Waals surface area contributed by atoms with Crippen LogP contribution in [0.3, 0.4) is 0 Å². The molecule has 4 heteroatoms. The van der Waals surface area contributed by atoms with Crippen LogP contribution in [0.25, 0.3) is 0 Å². The van der Waals surface area contributed by atoms with E-state index in [9.17, 15) is 4.79 Å². The molecule has 1 aromatic carbocycles. The normalized spacial score (nSPS) is 20.6. The van der Waals surface area contributed by atoms with E-state index in [2.05, 4.69) is 22.3 Å². The Morgan fingerprint density at radius 2 is 2.00 bits per heavy atom. The molecule has 1 aliphatic carbocycles. The zero-order chi connectivity index (χ0) is 14.0. The molecule has 108 valence electrons. The molecule has 4 nitrogen and oxygen atoms in total. The summed E-state index contributed by atoms with van der Waals surface area (Å²) in [6, 6.07) is 8.16. The van der Waals surface area contributed by atoms with E-state index in [4.69, 9.17) is 5.73 Å². The molecule has 3 rings (SSSR count). The van der Waals surface area contributed by atoms with Gasteiger partial charge in [-0.25, -0.2) is 0 Å². The van der Waals surface area contributed by atoms with Gasteiger partial charge in [0.25, 0.3) is 0 Å². The topological polar surface area (TPSA) is 58.4 Å². The molecule has 0 bridgehead atoms. The van der Waals surface area contributed by atoms with Crippen LogP contribution in [0, 0.1) is 5.41 Å². The highest BCUT2D eigenvalue weighted by Gasteiger charge is 2.42. The fourth-order valence-corrected chi connectivity index (χ4v) is 3.15. The molecule has 1 saturated carbocycles. The zero-order valence-electron chi connectivity index (χ0n) is 11.9. The van der Waals surface area contributed by atoms with Gasteiger partial charge >= 0.3 is 0 Å². The SMILES string of the molecule is NCC1(C(=O)Nc2cccc(N3CCCC3)c2)CCC1. The Morgan fingerprint density at radius 1 is 1.25 bits per heavy atom. The molecular formula is C16H23N3O. The van der Waals surface area contributed by atoms with Crippen LogP contribution >= 0.6 is 0 Å². The lowest BCUT2D eigenvalue weighted by Crippen LogP contribution is -2.47. The van der Waals surface area contributed by atoms with E-state index < -0.39 is 0 Å². The van der Waals surface area contributed by atoms with Crippen molar-refractivity contribution >= 4 is 17.3 Å². The standard InChI is InChI=1S/C16H23N3O/c17-12-16(7-4-8-16)15(20)18-13-5-3-6-14(11-13)19-9-1-2-10-19/h3,5-6,11H,1-2,4,7-10,12,17H2,(H,18,20). The second kappa shape index (κ2) is 5.44. The van der Waals surface area contributed by atoms with Gasteiger partial charge in [-0.15, -0.1) is 0 Å². The van der Waals surface area contributed by atoms with Crippen LogP contribution in [0.15, 0.2) is 24.3 Å². The summed E-state index contributed by atoms with van der Waals surface area (Å²) in [4.78, 5) is 14.7. The first-order chi connectivity index (χ1) is 9.73. The van der Waals surface area contributed by atoms with Gasteiger partial charge in [-0.3, -0.25) is 4.79 Å². The molecule has 0 spiro atoms. The van der Waals surface area contributed by atoms with E-state index in [0.29, 0.717) is 6.54 Å². The number of amides is 1. The summed E-state index contributed by atoms with van der Waals surface area (Å²) in [5.41, 5.74) is 7.56. The minimum absolute atomic E-state index is 0.0878. The lowest BCUT2D eigenvalue weighted by Gasteiger charge is -2.39. The molecule has 0 unspecified atom stereocenters. The summed E-state index contributed by atoms with van der Waals surface area (Å²) in [5.74, 6) is 0.0878. The number of nitrogens with two attached hydrogens (primary N) is 1. The maximum Gasteiger partial charge on any atom is 0.231 e. The number of nitrogens with one attached hydrogen (secondary N) is 1. The Kier molecular flexibility index (Phi) is 3.66. The third-order valence-corrected chi connectivity index (χ3v) is 4.76. The van der Waals surface area contributed by atoms with Crippen molar-refractivity contribution < 1.29 is 4.79 Å². The summed E-state index contributed by atoms with van der Waals surface area (Å²) in [6.07, 6.45) is 5.46. The minimum atomic E-state index is -0.316. The largest absolute Gasteiger partial charge is 0.371 e. The third kappa shape index (κ3) is 2.40. The molecule has 2 aliphatic rings. The maximum atomic E-state index is 12.4. The average molecular weight is 273 g/mol. The van der Waals surface area contributed by atoms with Crippen molar-refractivity contribution in [3.63, 3.8) is 0 Å². The fourth-order valence-electron chi connectivity index (χ4n) is 3.15. The number of benzene rings is 1. The van der Waals surface area contributed by atoms with Crippen molar-refractivity contribution in [3.05, 3.63) is 24.3 Å². The number of carbonyl (C=O) groups excluding carboxylic acids is 1. The average Bonchev–Trinajstić information content (AvgIpc) is 2.92. The number of hydrogen-bond acceptors (Lipinski definition) is 3. The van der Waals surface area contributed by atoms with Crippen LogP contribution in [-0.4, -0.2) is 25.5 Å². The van der Waals surface area contributed by atoms with Crippen LogP contribution in [0.5, 0.6) is 0 Å². The summed E-state index contributed by atoms with van der Waals surface area (Å²) in [5, 5.41) is 3.05. The van der Waals surface area contributed by atoms with Crippen molar-refractivity contribution in [2.75, 3.05) is 29.9 Å². The fraction of sp³-hybridized carbons (Fsp3) is 0.562. The van der Waals surface area contributed by atoms with E-state index in [1.165, 1.54) is 18.5 Å². The Bertz CT molecular complexity index is 485. The Hall–Kier alpha value is -1.55. The molecule has 1 saturated heterocycles. The summed E-state index contributed by atoms with van der Waals surface area (Å²) < 4.78 is 0. The Labute approximate surface area is 120 Å². The van der Waals surface area contributed by atoms with Crippen LogP contribution in [0.2, 0.25) is 0 Å². The molecule has 3 N–H and O–H groups in total.